The summed E-state index contributed by atoms with van der Waals surface area (Å²) in [6.45, 7) is 1.67. The third kappa shape index (κ3) is 5.98. The molecule has 0 aromatic heterocycles. The largest absolute Gasteiger partial charge is 0.401 e. The van der Waals surface area contributed by atoms with E-state index in [1.54, 1.807) is 0 Å². The van der Waals surface area contributed by atoms with Gasteiger partial charge in [-0.05, 0) is 57.0 Å². The zero-order valence-electron chi connectivity index (χ0n) is 14.8. The Kier molecular flexibility index (Phi) is 6.33. The molecule has 26 heavy (non-hydrogen) atoms. The number of hydrogen-bond donors (Lipinski definition) is 1. The number of alkyl halides is 3. The topological polar surface area (TPSA) is 66.5 Å². The van der Waals surface area contributed by atoms with E-state index in [2.05, 4.69) is 5.32 Å². The van der Waals surface area contributed by atoms with Crippen LogP contribution in [0.25, 0.3) is 0 Å². The first-order chi connectivity index (χ1) is 12.0. The maximum atomic E-state index is 12.4. The molecular formula is C17H23F3N2O3S. The first kappa shape index (κ1) is 20.7. The van der Waals surface area contributed by atoms with Crippen LogP contribution in [0.15, 0.2) is 23.1 Å². The maximum Gasteiger partial charge on any atom is 0.401 e. The van der Waals surface area contributed by atoms with Crippen LogP contribution in [0.4, 0.5) is 18.9 Å². The number of benzene rings is 1. The fourth-order valence-electron chi connectivity index (χ4n) is 3.07. The minimum Gasteiger partial charge on any atom is -0.384 e. The van der Waals surface area contributed by atoms with Crippen molar-refractivity contribution in [2.24, 2.45) is 5.92 Å². The highest BCUT2D eigenvalue weighted by Crippen LogP contribution is 2.26. The van der Waals surface area contributed by atoms with E-state index in [0.717, 1.165) is 6.26 Å². The van der Waals surface area contributed by atoms with Gasteiger partial charge in [-0.2, -0.15) is 13.2 Å². The summed E-state index contributed by atoms with van der Waals surface area (Å²) in [5.74, 6) is -0.0264. The van der Waals surface area contributed by atoms with Gasteiger partial charge in [-0.1, -0.05) is 0 Å². The molecule has 1 aliphatic rings. The number of rotatable bonds is 6. The van der Waals surface area contributed by atoms with E-state index in [4.69, 9.17) is 0 Å². The van der Waals surface area contributed by atoms with E-state index in [-0.39, 0.29) is 16.6 Å². The number of carbonyl (C=O) groups is 1. The second-order valence-corrected chi connectivity index (χ2v) is 8.74. The zero-order valence-corrected chi connectivity index (χ0v) is 15.6. The van der Waals surface area contributed by atoms with Crippen LogP contribution in [-0.4, -0.2) is 57.7 Å². The molecule has 0 spiro atoms. The van der Waals surface area contributed by atoms with Crippen LogP contribution >= 0.6 is 0 Å². The van der Waals surface area contributed by atoms with Crippen LogP contribution in [0.2, 0.25) is 0 Å². The van der Waals surface area contributed by atoms with Gasteiger partial charge in [0.25, 0.3) is 0 Å². The Bertz CT molecular complexity index is 755. The predicted octanol–water partition coefficient (Wildman–Crippen LogP) is 2.98. The summed E-state index contributed by atoms with van der Waals surface area (Å²) in [4.78, 5) is 13.0. The minimum absolute atomic E-state index is 0.108. The van der Waals surface area contributed by atoms with Gasteiger partial charge in [-0.15, -0.1) is 0 Å². The van der Waals surface area contributed by atoms with E-state index in [9.17, 15) is 26.4 Å². The van der Waals surface area contributed by atoms with Gasteiger partial charge >= 0.3 is 6.18 Å². The Morgan fingerprint density at radius 1 is 1.27 bits per heavy atom. The fourth-order valence-corrected chi connectivity index (χ4v) is 3.91. The van der Waals surface area contributed by atoms with Crippen molar-refractivity contribution in [1.82, 2.24) is 4.90 Å². The lowest BCUT2D eigenvalue weighted by atomic mass is 9.96. The average molecular weight is 392 g/mol. The highest BCUT2D eigenvalue weighted by Gasteiger charge is 2.32. The molecule has 1 aromatic rings. The molecule has 5 nitrogen and oxygen atoms in total. The molecule has 0 saturated carbocycles. The second kappa shape index (κ2) is 7.96. The standard InChI is InChI=1S/C17H23F3N2O3S/c1-12(23)14-3-4-16(26(2,24)25)15(9-14)21-10-13-5-7-22(8-6-13)11-17(18,19)20/h3-4,9,13,21H,5-8,10-11H2,1-2H3. The number of ketones is 1. The van der Waals surface area contributed by atoms with E-state index < -0.39 is 22.6 Å². The smallest absolute Gasteiger partial charge is 0.384 e. The maximum absolute atomic E-state index is 12.4. The Morgan fingerprint density at radius 3 is 2.38 bits per heavy atom. The number of piperidine rings is 1. The summed E-state index contributed by atoms with van der Waals surface area (Å²) in [6.07, 6.45) is -1.90. The molecular weight excluding hydrogens is 369 g/mol. The van der Waals surface area contributed by atoms with Gasteiger partial charge in [-0.3, -0.25) is 9.69 Å². The van der Waals surface area contributed by atoms with E-state index >= 15 is 0 Å². The molecule has 1 aromatic carbocycles. The van der Waals surface area contributed by atoms with Gasteiger partial charge in [0.2, 0.25) is 0 Å². The van der Waals surface area contributed by atoms with Crippen molar-refractivity contribution in [1.29, 1.82) is 0 Å². The van der Waals surface area contributed by atoms with E-state index in [1.807, 2.05) is 0 Å². The Morgan fingerprint density at radius 2 is 1.88 bits per heavy atom. The molecule has 0 aliphatic carbocycles. The van der Waals surface area contributed by atoms with Gasteiger partial charge in [0.05, 0.1) is 17.1 Å². The van der Waals surface area contributed by atoms with Gasteiger partial charge < -0.3 is 5.32 Å². The average Bonchev–Trinajstić information content (AvgIpc) is 2.51. The molecule has 9 heteroatoms. The van der Waals surface area contributed by atoms with Crippen LogP contribution in [0.5, 0.6) is 0 Å². The second-order valence-electron chi connectivity index (χ2n) is 6.75. The molecule has 2 rings (SSSR count). The summed E-state index contributed by atoms with van der Waals surface area (Å²) in [5, 5.41) is 3.08. The number of sulfone groups is 1. The van der Waals surface area contributed by atoms with Crippen molar-refractivity contribution in [3.63, 3.8) is 0 Å². The van der Waals surface area contributed by atoms with Crippen LogP contribution in [0, 0.1) is 5.92 Å². The number of anilines is 1. The monoisotopic (exact) mass is 392 g/mol. The molecule has 1 saturated heterocycles. The lowest BCUT2D eigenvalue weighted by Crippen LogP contribution is -2.41. The number of Topliss-reactive ketones (excluding diaryl/α,β-unsaturated/α-hetero) is 1. The zero-order chi connectivity index (χ0) is 19.5. The number of nitrogens with one attached hydrogen (secondary N) is 1. The first-order valence-corrected chi connectivity index (χ1v) is 10.2. The van der Waals surface area contributed by atoms with Gasteiger partial charge in [-0.25, -0.2) is 8.42 Å². The number of likely N-dealkylation sites (tertiary alicyclic amines) is 1. The lowest BCUT2D eigenvalue weighted by Gasteiger charge is -2.32. The SMILES string of the molecule is CC(=O)c1ccc(S(C)(=O)=O)c(NCC2CCN(CC(F)(F)F)CC2)c1. The summed E-state index contributed by atoms with van der Waals surface area (Å²) >= 11 is 0. The number of hydrogen-bond acceptors (Lipinski definition) is 5. The summed E-state index contributed by atoms with van der Waals surface area (Å²) in [6, 6.07) is 4.39. The van der Waals surface area contributed by atoms with Crippen molar-refractivity contribution < 1.29 is 26.4 Å². The van der Waals surface area contributed by atoms with E-state index in [0.29, 0.717) is 43.7 Å². The third-order valence-corrected chi connectivity index (χ3v) is 5.63. The Hall–Kier alpha value is -1.61. The predicted molar refractivity (Wildman–Crippen MR) is 93.3 cm³/mol. The van der Waals surface area contributed by atoms with Crippen molar-refractivity contribution in [2.45, 2.75) is 30.8 Å². The number of nitrogens with zero attached hydrogens (tertiary/aromatic N) is 1. The molecule has 146 valence electrons. The van der Waals surface area contributed by atoms with E-state index in [1.165, 1.54) is 30.0 Å². The van der Waals surface area contributed by atoms with Crippen LogP contribution in [0.3, 0.4) is 0 Å². The number of halogens is 3. The molecule has 0 atom stereocenters. The first-order valence-electron chi connectivity index (χ1n) is 8.34. The van der Waals surface area contributed by atoms with Crippen LogP contribution < -0.4 is 5.32 Å². The van der Waals surface area contributed by atoms with Gasteiger partial charge in [0.1, 0.15) is 0 Å². The van der Waals surface area contributed by atoms with Gasteiger partial charge in [0, 0.05) is 18.4 Å². The highest BCUT2D eigenvalue weighted by molar-refractivity contribution is 7.90. The molecule has 1 N–H and O–H groups in total. The van der Waals surface area contributed by atoms with Crippen molar-refractivity contribution in [3.05, 3.63) is 23.8 Å². The summed E-state index contributed by atoms with van der Waals surface area (Å²) < 4.78 is 61.1. The quantitative estimate of drug-likeness (QED) is 0.754. The van der Waals surface area contributed by atoms with Crippen molar-refractivity contribution in [3.8, 4) is 0 Å². The lowest BCUT2D eigenvalue weighted by molar-refractivity contribution is -0.148. The third-order valence-electron chi connectivity index (χ3n) is 4.48. The summed E-state index contributed by atoms with van der Waals surface area (Å²) in [5.41, 5.74) is 0.762. The normalized spacial score (nSPS) is 17.3. The molecule has 0 radical (unpaired) electrons. The van der Waals surface area contributed by atoms with Crippen LogP contribution in [-0.2, 0) is 9.84 Å². The van der Waals surface area contributed by atoms with Crippen molar-refractivity contribution in [2.75, 3.05) is 37.8 Å². The summed E-state index contributed by atoms with van der Waals surface area (Å²) in [7, 11) is -3.46. The van der Waals surface area contributed by atoms with Crippen LogP contribution in [0.1, 0.15) is 30.1 Å². The molecule has 0 unspecified atom stereocenters. The molecule has 1 fully saturated rings. The Balaban J connectivity index is 2.01. The Labute approximate surface area is 151 Å². The van der Waals surface area contributed by atoms with Gasteiger partial charge in [0.15, 0.2) is 15.6 Å². The highest BCUT2D eigenvalue weighted by atomic mass is 32.2. The molecule has 0 bridgehead atoms. The van der Waals surface area contributed by atoms with Crippen molar-refractivity contribution >= 4 is 21.3 Å². The molecule has 1 aliphatic heterocycles. The molecule has 0 amide bonds. The fraction of sp³-hybridized carbons (Fsp3) is 0.588. The minimum atomic E-state index is -4.19. The number of carbonyl (C=O) groups excluding carboxylic acids is 1. The molecule has 1 heterocycles.